The molecule has 0 unspecified atom stereocenters. The first-order chi connectivity index (χ1) is 11.1. The zero-order valence-corrected chi connectivity index (χ0v) is 13.5. The number of halogens is 2. The zero-order chi connectivity index (χ0) is 16.4. The summed E-state index contributed by atoms with van der Waals surface area (Å²) < 4.78 is 5.35. The van der Waals surface area contributed by atoms with Crippen molar-refractivity contribution in [3.63, 3.8) is 0 Å². The van der Waals surface area contributed by atoms with Crippen molar-refractivity contribution in [2.45, 2.75) is 0 Å². The molecule has 0 aliphatic rings. The van der Waals surface area contributed by atoms with Crippen molar-refractivity contribution in [1.29, 1.82) is 0 Å². The number of anilines is 1. The number of hydrogen-bond acceptors (Lipinski definition) is 4. The van der Waals surface area contributed by atoms with Crippen LogP contribution in [0.25, 0.3) is 22.7 Å². The van der Waals surface area contributed by atoms with Gasteiger partial charge >= 0.3 is 0 Å². The van der Waals surface area contributed by atoms with Gasteiger partial charge in [0.15, 0.2) is 5.76 Å². The quantitative estimate of drug-likeness (QED) is 0.660. The van der Waals surface area contributed by atoms with E-state index in [0.717, 1.165) is 0 Å². The highest BCUT2D eigenvalue weighted by Crippen LogP contribution is 2.35. The van der Waals surface area contributed by atoms with Crippen LogP contribution >= 0.6 is 23.2 Å². The first kappa shape index (κ1) is 15.5. The number of aromatic nitrogens is 2. The fraction of sp³-hybridized carbons (Fsp3) is 0.0625. The molecule has 0 N–H and O–H groups in total. The van der Waals surface area contributed by atoms with Gasteiger partial charge in [0, 0.05) is 30.6 Å². The molecule has 116 valence electrons. The summed E-state index contributed by atoms with van der Waals surface area (Å²) >= 11 is 12.4. The molecule has 0 saturated heterocycles. The molecule has 5 nitrogen and oxygen atoms in total. The Bertz CT molecular complexity index is 844. The summed E-state index contributed by atoms with van der Waals surface area (Å²) in [6, 6.07) is 10.4. The normalized spacial score (nSPS) is 10.6. The largest absolute Gasteiger partial charge is 0.354 e. The van der Waals surface area contributed by atoms with Crippen molar-refractivity contribution in [2.24, 2.45) is 0 Å². The van der Waals surface area contributed by atoms with E-state index in [4.69, 9.17) is 27.7 Å². The van der Waals surface area contributed by atoms with E-state index in [1.54, 1.807) is 49.6 Å². The Balaban J connectivity index is 2.01. The number of nitrogens with zero attached hydrogens (tertiary/aromatic N) is 3. The molecule has 1 aromatic carbocycles. The van der Waals surface area contributed by atoms with Crippen LogP contribution in [0.15, 0.2) is 47.1 Å². The lowest BCUT2D eigenvalue weighted by molar-refractivity contribution is -0.107. The Morgan fingerprint density at radius 1 is 1.13 bits per heavy atom. The standard InChI is InChI=1S/C16H11Cl2N3O2/c1-21(9-22)10-5-6-19-13(7-10)15-8-14(20-23-15)16-11(17)3-2-4-12(16)18/h2-9H,1H3. The number of carbonyl (C=O) groups excluding carboxylic acids is 1. The molecule has 0 radical (unpaired) electrons. The van der Waals surface area contributed by atoms with Crippen molar-refractivity contribution in [3.8, 4) is 22.7 Å². The summed E-state index contributed by atoms with van der Waals surface area (Å²) in [6.45, 7) is 0. The first-order valence-electron chi connectivity index (χ1n) is 6.66. The molecule has 0 fully saturated rings. The van der Waals surface area contributed by atoms with Gasteiger partial charge in [-0.05, 0) is 24.3 Å². The fourth-order valence-electron chi connectivity index (χ4n) is 2.09. The van der Waals surface area contributed by atoms with Crippen molar-refractivity contribution in [2.75, 3.05) is 11.9 Å². The second-order valence-corrected chi connectivity index (χ2v) is 5.60. The minimum absolute atomic E-state index is 0.456. The highest BCUT2D eigenvalue weighted by atomic mass is 35.5. The smallest absolute Gasteiger partial charge is 0.213 e. The fourth-order valence-corrected chi connectivity index (χ4v) is 2.68. The Labute approximate surface area is 142 Å². The van der Waals surface area contributed by atoms with E-state index in [-0.39, 0.29) is 0 Å². The number of carbonyl (C=O) groups is 1. The Hall–Kier alpha value is -2.37. The third-order valence-corrected chi connectivity index (χ3v) is 3.92. The van der Waals surface area contributed by atoms with Crippen LogP contribution in [0.2, 0.25) is 10.0 Å². The van der Waals surface area contributed by atoms with E-state index >= 15 is 0 Å². The molecule has 0 atom stereocenters. The molecule has 3 aromatic rings. The summed E-state index contributed by atoms with van der Waals surface area (Å²) in [5, 5.41) is 4.98. The third kappa shape index (κ3) is 3.06. The van der Waals surface area contributed by atoms with E-state index < -0.39 is 0 Å². The lowest BCUT2D eigenvalue weighted by Crippen LogP contribution is -2.13. The molecule has 3 rings (SSSR count). The van der Waals surface area contributed by atoms with Gasteiger partial charge in [0.2, 0.25) is 6.41 Å². The van der Waals surface area contributed by atoms with Crippen molar-refractivity contribution < 1.29 is 9.32 Å². The number of benzene rings is 1. The highest BCUT2D eigenvalue weighted by molar-refractivity contribution is 6.39. The monoisotopic (exact) mass is 347 g/mol. The minimum Gasteiger partial charge on any atom is -0.354 e. The lowest BCUT2D eigenvalue weighted by atomic mass is 10.1. The van der Waals surface area contributed by atoms with Gasteiger partial charge in [-0.3, -0.25) is 9.78 Å². The molecule has 0 aliphatic heterocycles. The molecule has 0 spiro atoms. The van der Waals surface area contributed by atoms with Crippen LogP contribution < -0.4 is 4.90 Å². The Kier molecular flexibility index (Phi) is 4.32. The molecular formula is C16H11Cl2N3O2. The van der Waals surface area contributed by atoms with E-state index in [9.17, 15) is 4.79 Å². The van der Waals surface area contributed by atoms with Crippen LogP contribution in [-0.4, -0.2) is 23.6 Å². The zero-order valence-electron chi connectivity index (χ0n) is 12.0. The van der Waals surface area contributed by atoms with Crippen LogP contribution in [0.4, 0.5) is 5.69 Å². The van der Waals surface area contributed by atoms with Gasteiger partial charge in [0.05, 0.1) is 10.0 Å². The summed E-state index contributed by atoms with van der Waals surface area (Å²) in [7, 11) is 1.65. The van der Waals surface area contributed by atoms with Gasteiger partial charge in [0.25, 0.3) is 0 Å². The van der Waals surface area contributed by atoms with E-state index in [0.29, 0.717) is 44.9 Å². The maximum atomic E-state index is 10.9. The second-order valence-electron chi connectivity index (χ2n) is 4.79. The van der Waals surface area contributed by atoms with Crippen molar-refractivity contribution >= 4 is 35.3 Å². The maximum Gasteiger partial charge on any atom is 0.213 e. The predicted octanol–water partition coefficient (Wildman–Crippen LogP) is 4.30. The molecule has 0 bridgehead atoms. The number of rotatable bonds is 4. The van der Waals surface area contributed by atoms with Crippen LogP contribution in [0.5, 0.6) is 0 Å². The summed E-state index contributed by atoms with van der Waals surface area (Å²) in [6.07, 6.45) is 2.31. The third-order valence-electron chi connectivity index (χ3n) is 3.29. The van der Waals surface area contributed by atoms with Gasteiger partial charge in [-0.1, -0.05) is 34.4 Å². The van der Waals surface area contributed by atoms with E-state index in [1.165, 1.54) is 4.90 Å². The second kappa shape index (κ2) is 6.40. The topological polar surface area (TPSA) is 59.2 Å². The maximum absolute atomic E-state index is 10.9. The Morgan fingerprint density at radius 3 is 2.57 bits per heavy atom. The van der Waals surface area contributed by atoms with Gasteiger partial charge in [-0.2, -0.15) is 0 Å². The molecule has 0 saturated carbocycles. The minimum atomic E-state index is 0.456. The molecule has 2 aromatic heterocycles. The number of amides is 1. The highest BCUT2D eigenvalue weighted by Gasteiger charge is 2.15. The van der Waals surface area contributed by atoms with E-state index in [2.05, 4.69) is 10.1 Å². The average Bonchev–Trinajstić information content (AvgIpc) is 3.04. The van der Waals surface area contributed by atoms with Crippen LogP contribution in [0.3, 0.4) is 0 Å². The molecule has 7 heteroatoms. The molecule has 1 amide bonds. The van der Waals surface area contributed by atoms with Gasteiger partial charge in [0.1, 0.15) is 11.4 Å². The summed E-state index contributed by atoms with van der Waals surface area (Å²) in [5.74, 6) is 0.456. The van der Waals surface area contributed by atoms with Crippen molar-refractivity contribution in [1.82, 2.24) is 10.1 Å². The molecular weight excluding hydrogens is 337 g/mol. The van der Waals surface area contributed by atoms with Gasteiger partial charge in [-0.15, -0.1) is 0 Å². The van der Waals surface area contributed by atoms with Crippen LogP contribution in [0.1, 0.15) is 0 Å². The van der Waals surface area contributed by atoms with Crippen LogP contribution in [0, 0.1) is 0 Å². The Morgan fingerprint density at radius 2 is 1.87 bits per heavy atom. The average molecular weight is 348 g/mol. The molecule has 23 heavy (non-hydrogen) atoms. The van der Waals surface area contributed by atoms with Crippen molar-refractivity contribution in [3.05, 3.63) is 52.6 Å². The van der Waals surface area contributed by atoms with Gasteiger partial charge in [-0.25, -0.2) is 0 Å². The first-order valence-corrected chi connectivity index (χ1v) is 7.41. The number of hydrogen-bond donors (Lipinski definition) is 0. The summed E-state index contributed by atoms with van der Waals surface area (Å²) in [5.41, 5.74) is 2.37. The van der Waals surface area contributed by atoms with Gasteiger partial charge < -0.3 is 9.42 Å². The number of pyridine rings is 1. The lowest BCUT2D eigenvalue weighted by Gasteiger charge is -2.10. The predicted molar refractivity (Wildman–Crippen MR) is 89.7 cm³/mol. The molecule has 0 aliphatic carbocycles. The van der Waals surface area contributed by atoms with Crippen LogP contribution in [-0.2, 0) is 4.79 Å². The van der Waals surface area contributed by atoms with E-state index in [1.807, 2.05) is 0 Å². The molecule has 2 heterocycles. The summed E-state index contributed by atoms with van der Waals surface area (Å²) in [4.78, 5) is 16.5. The SMILES string of the molecule is CN(C=O)c1ccnc(-c2cc(-c3c(Cl)cccc3Cl)no2)c1.